The molecule has 9 heteroatoms. The molecule has 7 nitrogen and oxygen atoms in total. The highest BCUT2D eigenvalue weighted by molar-refractivity contribution is 8.00. The maximum atomic E-state index is 15.0. The number of ketones is 1. The zero-order chi connectivity index (χ0) is 22.1. The van der Waals surface area contributed by atoms with Gasteiger partial charge in [-0.25, -0.2) is 18.6 Å². The highest BCUT2D eigenvalue weighted by atomic mass is 32.2. The van der Waals surface area contributed by atoms with Crippen molar-refractivity contribution in [1.82, 2.24) is 9.29 Å². The zero-order valence-corrected chi connectivity index (χ0v) is 18.3. The van der Waals surface area contributed by atoms with Gasteiger partial charge in [0.1, 0.15) is 22.8 Å². The van der Waals surface area contributed by atoms with Crippen LogP contribution in [0.25, 0.3) is 0 Å². The average Bonchev–Trinajstić information content (AvgIpc) is 3.42. The minimum atomic E-state index is -2.81. The van der Waals surface area contributed by atoms with Crippen molar-refractivity contribution in [1.29, 1.82) is 0 Å². The molecular weight excluding hydrogens is 407 g/mol. The smallest absolute Gasteiger partial charge is 0.203 e. The van der Waals surface area contributed by atoms with Crippen molar-refractivity contribution in [2.75, 3.05) is 7.05 Å². The summed E-state index contributed by atoms with van der Waals surface area (Å²) in [7, 11) is -1.21. The number of carbonyl (C=O) groups excluding carboxylic acids is 1. The van der Waals surface area contributed by atoms with Crippen molar-refractivity contribution in [2.45, 2.75) is 50.3 Å². The number of aryl methyl sites for hydroxylation is 2. The minimum Gasteiger partial charge on any atom is -0.446 e. The minimum absolute atomic E-state index is 0.0298. The molecule has 1 aromatic carbocycles. The number of hydrogen-bond donors (Lipinski definition) is 1. The molecule has 0 radical (unpaired) electrons. The molecule has 1 spiro atoms. The highest BCUT2D eigenvalue weighted by Crippen LogP contribution is 2.60. The molecule has 0 saturated heterocycles. The van der Waals surface area contributed by atoms with E-state index < -0.39 is 25.8 Å². The quantitative estimate of drug-likeness (QED) is 0.591. The van der Waals surface area contributed by atoms with E-state index >= 15 is 4.39 Å². The molecule has 30 heavy (non-hydrogen) atoms. The van der Waals surface area contributed by atoms with Crippen LogP contribution < -0.4 is 5.73 Å². The molecule has 2 heterocycles. The molecule has 1 fully saturated rings. The van der Waals surface area contributed by atoms with Crippen molar-refractivity contribution in [3.8, 4) is 0 Å². The van der Waals surface area contributed by atoms with Gasteiger partial charge in [-0.05, 0) is 50.3 Å². The van der Waals surface area contributed by atoms with Crippen LogP contribution in [0.5, 0.6) is 0 Å². The lowest BCUT2D eigenvalue weighted by Crippen LogP contribution is -2.58. The second kappa shape index (κ2) is 6.41. The molecule has 0 amide bonds. The van der Waals surface area contributed by atoms with E-state index in [1.54, 1.807) is 40.0 Å². The van der Waals surface area contributed by atoms with Crippen LogP contribution in [0.2, 0.25) is 0 Å². The maximum absolute atomic E-state index is 15.0. The first-order valence-corrected chi connectivity index (χ1v) is 11.3. The Morgan fingerprint density at radius 2 is 2.07 bits per heavy atom. The molecule has 1 aromatic heterocycles. The monoisotopic (exact) mass is 432 g/mol. The molecule has 1 aliphatic carbocycles. The van der Waals surface area contributed by atoms with Crippen LogP contribution in [0.3, 0.4) is 0 Å². The van der Waals surface area contributed by atoms with Crippen molar-refractivity contribution >= 4 is 27.3 Å². The van der Waals surface area contributed by atoms with Gasteiger partial charge in [-0.15, -0.1) is 0 Å². The summed E-state index contributed by atoms with van der Waals surface area (Å²) in [6.07, 6.45) is 1.24. The number of oxazole rings is 1. The van der Waals surface area contributed by atoms with E-state index in [4.69, 9.17) is 10.2 Å². The molecule has 0 bridgehead atoms. The summed E-state index contributed by atoms with van der Waals surface area (Å²) in [6.45, 7) is 5.11. The van der Waals surface area contributed by atoms with Crippen molar-refractivity contribution < 1.29 is 17.8 Å². The van der Waals surface area contributed by atoms with E-state index in [1.807, 2.05) is 0 Å². The van der Waals surface area contributed by atoms with Gasteiger partial charge < -0.3 is 10.2 Å². The van der Waals surface area contributed by atoms with Gasteiger partial charge in [0.25, 0.3) is 0 Å². The number of nitrogens with zero attached hydrogens (tertiary/aromatic N) is 3. The molecule has 1 aliphatic heterocycles. The zero-order valence-electron chi connectivity index (χ0n) is 17.5. The van der Waals surface area contributed by atoms with E-state index in [2.05, 4.69) is 15.8 Å². The van der Waals surface area contributed by atoms with E-state index in [9.17, 15) is 9.00 Å². The number of rotatable bonds is 4. The number of guanidine groups is 1. The highest BCUT2D eigenvalue weighted by Gasteiger charge is 2.67. The Bertz CT molecular complexity index is 1200. The standard InChI is InChI=1S/C21H25FN4O3S/c1-12-18(24-13(2)29-12)17(27)11-14-6-7-16(22)15(10-14)20(3)21(8-9-21)30(5,28)26(4)19(23)25-20/h6-7,10H,5,8-9,11H2,1-4H3,(H2,23,25)/t20-,30?/m1/s1. The summed E-state index contributed by atoms with van der Waals surface area (Å²) in [4.78, 5) is 21.4. The number of Topliss-reactive ketones (excluding diaryl/α,β-unsaturated/α-hetero) is 1. The largest absolute Gasteiger partial charge is 0.446 e. The number of aromatic nitrogens is 1. The topological polar surface area (TPSA) is 102 Å². The van der Waals surface area contributed by atoms with Gasteiger partial charge in [0, 0.05) is 26.0 Å². The van der Waals surface area contributed by atoms with Gasteiger partial charge in [-0.1, -0.05) is 6.07 Å². The predicted molar refractivity (Wildman–Crippen MR) is 114 cm³/mol. The number of aliphatic imine (C=N–C) groups is 1. The lowest BCUT2D eigenvalue weighted by atomic mass is 9.85. The molecular formula is C21H25FN4O3S. The second-order valence-electron chi connectivity index (χ2n) is 8.23. The Hall–Kier alpha value is -2.68. The Labute approximate surface area is 175 Å². The first-order valence-electron chi connectivity index (χ1n) is 9.65. The van der Waals surface area contributed by atoms with Crippen LogP contribution in [0.15, 0.2) is 27.6 Å². The van der Waals surface area contributed by atoms with E-state index in [0.29, 0.717) is 30.1 Å². The Morgan fingerprint density at radius 1 is 1.40 bits per heavy atom. The van der Waals surface area contributed by atoms with Gasteiger partial charge in [-0.2, -0.15) is 0 Å². The molecule has 2 N–H and O–H groups in total. The van der Waals surface area contributed by atoms with Crippen molar-refractivity contribution in [3.05, 3.63) is 52.5 Å². The first-order chi connectivity index (χ1) is 13.9. The third-order valence-corrected chi connectivity index (χ3v) is 9.49. The number of nitrogens with two attached hydrogens (primary N) is 1. The SMILES string of the molecule is C=S1(=O)N(C)C(N)=N[C@](C)(c2cc(CC(=O)c3nc(C)oc3C)ccc2F)C12CC2. The number of hydrogen-bond acceptors (Lipinski definition) is 6. The van der Waals surface area contributed by atoms with Gasteiger partial charge in [0.05, 0.1) is 14.5 Å². The maximum Gasteiger partial charge on any atom is 0.203 e. The Morgan fingerprint density at radius 3 is 2.63 bits per heavy atom. The van der Waals surface area contributed by atoms with Crippen LogP contribution in [0, 0.1) is 19.7 Å². The summed E-state index contributed by atoms with van der Waals surface area (Å²) in [5, 5.41) is 0. The van der Waals surface area contributed by atoms with Crippen molar-refractivity contribution in [3.63, 3.8) is 0 Å². The molecule has 4 rings (SSSR count). The van der Waals surface area contributed by atoms with Gasteiger partial charge >= 0.3 is 0 Å². The number of benzene rings is 1. The summed E-state index contributed by atoms with van der Waals surface area (Å²) in [5.74, 6) is 4.17. The normalized spacial score (nSPS) is 27.2. The summed E-state index contributed by atoms with van der Waals surface area (Å²) >= 11 is 0. The van der Waals surface area contributed by atoms with Crippen LogP contribution >= 0.6 is 0 Å². The lowest BCUT2D eigenvalue weighted by Gasteiger charge is -2.45. The first kappa shape index (κ1) is 20.6. The van der Waals surface area contributed by atoms with E-state index in [0.717, 1.165) is 0 Å². The predicted octanol–water partition coefficient (Wildman–Crippen LogP) is 2.50. The third kappa shape index (κ3) is 2.71. The Balaban J connectivity index is 1.77. The second-order valence-corrected chi connectivity index (χ2v) is 10.8. The molecule has 2 aromatic rings. The van der Waals surface area contributed by atoms with Crippen molar-refractivity contribution in [2.24, 2.45) is 10.7 Å². The van der Waals surface area contributed by atoms with Crippen LogP contribution in [-0.2, 0) is 21.7 Å². The molecule has 2 aliphatic rings. The van der Waals surface area contributed by atoms with Crippen LogP contribution in [0.1, 0.15) is 53.0 Å². The van der Waals surface area contributed by atoms with Gasteiger partial charge in [0.2, 0.25) is 5.96 Å². The fourth-order valence-electron chi connectivity index (χ4n) is 4.46. The fraction of sp³-hybridized carbons (Fsp3) is 0.429. The van der Waals surface area contributed by atoms with Gasteiger partial charge in [-0.3, -0.25) is 9.10 Å². The summed E-state index contributed by atoms with van der Waals surface area (Å²) in [5.41, 5.74) is 6.04. The van der Waals surface area contributed by atoms with Gasteiger partial charge in [0.15, 0.2) is 11.7 Å². The molecule has 2 atom stereocenters. The molecule has 1 saturated carbocycles. The summed E-state index contributed by atoms with van der Waals surface area (Å²) in [6, 6.07) is 4.49. The van der Waals surface area contributed by atoms with E-state index in [1.165, 1.54) is 10.4 Å². The van der Waals surface area contributed by atoms with Crippen LogP contribution in [-0.4, -0.2) is 42.9 Å². The van der Waals surface area contributed by atoms with Crippen LogP contribution in [0.4, 0.5) is 4.39 Å². The number of carbonyl (C=O) groups is 1. The fourth-order valence-corrected chi connectivity index (χ4v) is 6.85. The lowest BCUT2D eigenvalue weighted by molar-refractivity contribution is 0.0987. The number of halogens is 1. The van der Waals surface area contributed by atoms with E-state index in [-0.39, 0.29) is 29.4 Å². The summed E-state index contributed by atoms with van der Waals surface area (Å²) < 4.78 is 34.5. The Kier molecular flexibility index (Phi) is 4.40. The average molecular weight is 433 g/mol. The molecule has 1 unspecified atom stereocenters. The third-order valence-electron chi connectivity index (χ3n) is 6.39. The molecule has 160 valence electrons.